The first-order valence-corrected chi connectivity index (χ1v) is 23.1. The molecule has 63 heavy (non-hydrogen) atoms. The van der Waals surface area contributed by atoms with E-state index < -0.39 is 11.9 Å². The van der Waals surface area contributed by atoms with Gasteiger partial charge >= 0.3 is 23.9 Å². The van der Waals surface area contributed by atoms with Crippen molar-refractivity contribution >= 4 is 23.9 Å². The van der Waals surface area contributed by atoms with Gasteiger partial charge in [-0.25, -0.2) is 0 Å². The summed E-state index contributed by atoms with van der Waals surface area (Å²) in [5.74, 6) is 1.40. The van der Waals surface area contributed by atoms with Gasteiger partial charge in [-0.15, -0.1) is 0 Å². The minimum atomic E-state index is -0.436. The van der Waals surface area contributed by atoms with E-state index in [0.29, 0.717) is 71.5 Å². The summed E-state index contributed by atoms with van der Waals surface area (Å²) in [5, 5.41) is 0. The van der Waals surface area contributed by atoms with Crippen LogP contribution in [-0.4, -0.2) is 112 Å². The largest absolute Gasteiger partial charge is 0.493 e. The van der Waals surface area contributed by atoms with E-state index in [-0.39, 0.29) is 24.1 Å². The maximum Gasteiger partial charge on any atom is 0.308 e. The summed E-state index contributed by atoms with van der Waals surface area (Å²) in [4.78, 5) is 49.2. The molecule has 4 fully saturated rings. The number of nitrogens with zero attached hydrogens (tertiary/aromatic N) is 2. The Morgan fingerprint density at radius 3 is 1.05 bits per heavy atom. The van der Waals surface area contributed by atoms with E-state index in [2.05, 4.69) is 14.1 Å². The lowest BCUT2D eigenvalue weighted by Gasteiger charge is -2.47. The Kier molecular flexibility index (Phi) is 16.3. The normalized spacial score (nSPS) is 27.0. The number of rotatable bonds is 22. The molecule has 0 aliphatic carbocycles. The van der Waals surface area contributed by atoms with Crippen LogP contribution in [0.4, 0.5) is 0 Å². The number of quaternary nitrogens is 2. The number of unbranched alkanes of at least 4 members (excludes halogenated alkanes) is 6. The van der Waals surface area contributed by atoms with Crippen LogP contribution in [0.15, 0.2) is 24.3 Å². The Balaban J connectivity index is 0.836. The van der Waals surface area contributed by atoms with Gasteiger partial charge < -0.3 is 46.9 Å². The van der Waals surface area contributed by atoms with Gasteiger partial charge in [0.2, 0.25) is 11.5 Å². The zero-order valence-corrected chi connectivity index (χ0v) is 39.0. The van der Waals surface area contributed by atoms with Crippen molar-refractivity contribution in [1.82, 2.24) is 0 Å². The predicted molar refractivity (Wildman–Crippen MR) is 235 cm³/mol. The molecule has 0 amide bonds. The van der Waals surface area contributed by atoms with Crippen LogP contribution in [0.2, 0.25) is 0 Å². The molecular weight excluding hydrogens is 809 g/mol. The second-order valence-electron chi connectivity index (χ2n) is 18.8. The molecule has 4 saturated heterocycles. The van der Waals surface area contributed by atoms with E-state index in [1.54, 1.807) is 28.4 Å². The van der Waals surface area contributed by atoms with Crippen LogP contribution >= 0.6 is 0 Å². The van der Waals surface area contributed by atoms with Crippen molar-refractivity contribution in [2.75, 3.05) is 42.5 Å². The molecule has 4 bridgehead atoms. The molecule has 6 rings (SSSR count). The van der Waals surface area contributed by atoms with Crippen molar-refractivity contribution in [2.45, 2.75) is 172 Å². The first-order chi connectivity index (χ1) is 30.2. The molecule has 14 nitrogen and oxygen atoms in total. The van der Waals surface area contributed by atoms with Gasteiger partial charge in [0.1, 0.15) is 25.3 Å². The molecule has 2 aromatic carbocycles. The number of esters is 4. The van der Waals surface area contributed by atoms with Crippen LogP contribution in [0.1, 0.15) is 134 Å². The molecule has 8 atom stereocenters. The van der Waals surface area contributed by atoms with Gasteiger partial charge in [0.25, 0.3) is 0 Å². The zero-order valence-electron chi connectivity index (χ0n) is 39.0. The molecule has 14 heteroatoms. The third kappa shape index (κ3) is 11.6. The fourth-order valence-electron chi connectivity index (χ4n) is 11.3. The second-order valence-corrected chi connectivity index (χ2v) is 18.8. The Hall–Kier alpha value is -4.56. The fraction of sp³-hybridized carbons (Fsp3) is 0.673. The van der Waals surface area contributed by atoms with Crippen LogP contribution in [0.5, 0.6) is 34.5 Å². The average molecular weight is 881 g/mol. The highest BCUT2D eigenvalue weighted by Crippen LogP contribution is 2.47. The number of carbonyl (C=O) groups excluding carboxylic acids is 4. The number of hydrogen-bond acceptors (Lipinski definition) is 12. The van der Waals surface area contributed by atoms with Gasteiger partial charge in [-0.2, -0.15) is 0 Å². The Bertz CT molecular complexity index is 1720. The van der Waals surface area contributed by atoms with E-state index in [1.165, 1.54) is 13.8 Å². The molecular formula is C49H72N2O12+2. The van der Waals surface area contributed by atoms with E-state index in [4.69, 9.17) is 37.9 Å². The summed E-state index contributed by atoms with van der Waals surface area (Å²) in [6, 6.07) is 9.28. The van der Waals surface area contributed by atoms with Gasteiger partial charge in [-0.1, -0.05) is 32.1 Å². The zero-order chi connectivity index (χ0) is 45.3. The van der Waals surface area contributed by atoms with Crippen LogP contribution in [0.25, 0.3) is 0 Å². The molecule has 348 valence electrons. The number of ether oxygens (including phenoxy) is 8. The second kappa shape index (κ2) is 21.4. The van der Waals surface area contributed by atoms with Crippen LogP contribution in [-0.2, 0) is 41.7 Å². The molecule has 4 aliphatic heterocycles. The SMILES string of the molecule is COc1cc(C[N+]2(C)[C@@H]3CC[C@H]2CC(OC(=O)CCCCCCCCCC(=O)OC2C[C@H]4CC[C@@H](C2)[N+]4(C)Cc2cc(OC)c(OC(C)=O)c(OC)c2)C3)cc(OC)c1OC(C)=O. The van der Waals surface area contributed by atoms with Crippen molar-refractivity contribution in [2.24, 2.45) is 0 Å². The number of carbonyl (C=O) groups is 4. The van der Waals surface area contributed by atoms with Crippen molar-refractivity contribution in [3.05, 3.63) is 35.4 Å². The van der Waals surface area contributed by atoms with E-state index in [9.17, 15) is 19.2 Å². The first-order valence-electron chi connectivity index (χ1n) is 23.1. The highest BCUT2D eigenvalue weighted by atomic mass is 16.6. The predicted octanol–water partition coefficient (Wildman–Crippen LogP) is 8.15. The highest BCUT2D eigenvalue weighted by Gasteiger charge is 2.54. The third-order valence-corrected chi connectivity index (χ3v) is 14.6. The maximum absolute atomic E-state index is 12.9. The van der Waals surface area contributed by atoms with E-state index >= 15 is 0 Å². The van der Waals surface area contributed by atoms with Crippen LogP contribution < -0.4 is 28.4 Å². The Labute approximate surface area is 373 Å². The Morgan fingerprint density at radius 1 is 0.492 bits per heavy atom. The lowest BCUT2D eigenvalue weighted by Crippen LogP contribution is -2.58. The molecule has 0 spiro atoms. The van der Waals surface area contributed by atoms with Crippen LogP contribution in [0.3, 0.4) is 0 Å². The third-order valence-electron chi connectivity index (χ3n) is 14.6. The van der Waals surface area contributed by atoms with Crippen molar-refractivity contribution < 1.29 is 66.0 Å². The summed E-state index contributed by atoms with van der Waals surface area (Å²) in [6.45, 7) is 4.27. The Morgan fingerprint density at radius 2 is 0.778 bits per heavy atom. The standard InChI is InChI=1S/C49H72N2O12/c1-32(52)60-48-42(56-5)22-34(23-43(48)57-6)30-50(3)36-18-19-37(50)27-40(26-36)62-46(54)16-14-12-10-9-11-13-15-17-47(55)63-41-28-38-20-21-39(29-41)51(38,4)31-35-24-44(58-7)49(61-33(2)53)45(25-35)59-8/h22-25,36-41H,9-21,26-31H2,1-8H3/q+2/t36-,37+,38-,39+,40?,41?,50?,51?. The summed E-state index contributed by atoms with van der Waals surface area (Å²) in [5.41, 5.74) is 2.10. The van der Waals surface area contributed by atoms with E-state index in [1.807, 2.05) is 24.3 Å². The summed E-state index contributed by atoms with van der Waals surface area (Å²) < 4.78 is 46.9. The molecule has 0 saturated carbocycles. The molecule has 0 N–H and O–H groups in total. The number of benzene rings is 2. The minimum Gasteiger partial charge on any atom is -0.493 e. The quantitative estimate of drug-likeness (QED) is 0.0488. The molecule has 0 aromatic heterocycles. The fourth-order valence-corrected chi connectivity index (χ4v) is 11.3. The molecule has 4 unspecified atom stereocenters. The van der Waals surface area contributed by atoms with Crippen LogP contribution in [0, 0.1) is 0 Å². The lowest BCUT2D eigenvalue weighted by atomic mass is 9.95. The molecule has 0 radical (unpaired) electrons. The molecule has 4 aliphatic rings. The van der Waals surface area contributed by atoms with Crippen molar-refractivity contribution in [3.63, 3.8) is 0 Å². The topological polar surface area (TPSA) is 142 Å². The smallest absolute Gasteiger partial charge is 0.308 e. The number of hydrogen-bond donors (Lipinski definition) is 0. The van der Waals surface area contributed by atoms with Gasteiger partial charge in [-0.05, 0) is 37.1 Å². The van der Waals surface area contributed by atoms with E-state index in [0.717, 1.165) is 129 Å². The van der Waals surface area contributed by atoms with Gasteiger partial charge in [-0.3, -0.25) is 19.2 Å². The summed E-state index contributed by atoms with van der Waals surface area (Å²) >= 11 is 0. The highest BCUT2D eigenvalue weighted by molar-refractivity contribution is 5.73. The molecule has 2 aromatic rings. The summed E-state index contributed by atoms with van der Waals surface area (Å²) in [6.07, 6.45) is 15.5. The first kappa shape index (κ1) is 47.9. The van der Waals surface area contributed by atoms with Gasteiger partial charge in [0, 0.05) is 89.2 Å². The number of methoxy groups -OCH3 is 4. The lowest BCUT2D eigenvalue weighted by molar-refractivity contribution is -0.961. The van der Waals surface area contributed by atoms with Gasteiger partial charge in [0.15, 0.2) is 23.0 Å². The number of fused-ring (bicyclic) bond motifs is 4. The number of piperidine rings is 2. The average Bonchev–Trinajstić information content (AvgIpc) is 3.46. The summed E-state index contributed by atoms with van der Waals surface area (Å²) in [7, 11) is 10.8. The molecule has 4 heterocycles. The minimum absolute atomic E-state index is 0.0448. The maximum atomic E-state index is 12.9. The van der Waals surface area contributed by atoms with Crippen molar-refractivity contribution in [1.29, 1.82) is 0 Å². The van der Waals surface area contributed by atoms with Crippen molar-refractivity contribution in [3.8, 4) is 34.5 Å². The monoisotopic (exact) mass is 881 g/mol. The van der Waals surface area contributed by atoms with Gasteiger partial charge in [0.05, 0.1) is 66.7 Å².